The van der Waals surface area contributed by atoms with Gasteiger partial charge in [0, 0.05) is 7.11 Å². The summed E-state index contributed by atoms with van der Waals surface area (Å²) in [5, 5.41) is 9.21. The molecule has 0 spiro atoms. The summed E-state index contributed by atoms with van der Waals surface area (Å²) in [6.45, 7) is 10.9. The van der Waals surface area contributed by atoms with Crippen molar-refractivity contribution in [1.82, 2.24) is 0 Å². The minimum atomic E-state index is -0.479. The number of allylic oxidation sites excluding steroid dienone is 2. The molecule has 6 nitrogen and oxygen atoms in total. The van der Waals surface area contributed by atoms with Gasteiger partial charge in [-0.25, -0.2) is 4.79 Å². The Balaban J connectivity index is 0.000000283. The number of esters is 1. The average Bonchev–Trinajstić information content (AvgIpc) is 2.91. The van der Waals surface area contributed by atoms with Crippen LogP contribution in [0, 0.1) is 0 Å². The minimum Gasteiger partial charge on any atom is -0.508 e. The molecule has 206 valence electrons. The van der Waals surface area contributed by atoms with Crippen LogP contribution in [0.3, 0.4) is 0 Å². The first-order chi connectivity index (χ1) is 18.6. The maximum absolute atomic E-state index is 11.4. The zero-order valence-electron chi connectivity index (χ0n) is 23.3. The van der Waals surface area contributed by atoms with Crippen molar-refractivity contribution < 1.29 is 28.8 Å². The van der Waals surface area contributed by atoms with Crippen LogP contribution in [0.15, 0.2) is 91.5 Å². The maximum atomic E-state index is 11.4. The summed E-state index contributed by atoms with van der Waals surface area (Å²) < 4.78 is 21.0. The molecule has 39 heavy (non-hydrogen) atoms. The highest BCUT2D eigenvalue weighted by atomic mass is 16.7. The molecule has 0 aliphatic heterocycles. The number of aromatic hydroxyl groups is 1. The van der Waals surface area contributed by atoms with Crippen LogP contribution in [0.1, 0.15) is 44.4 Å². The second-order valence-electron chi connectivity index (χ2n) is 9.45. The lowest BCUT2D eigenvalue weighted by Gasteiger charge is -2.19. The molecule has 6 heteroatoms. The summed E-state index contributed by atoms with van der Waals surface area (Å²) in [4.78, 5) is 11.4. The SMILES string of the molecule is C=Cc1ccc(OCC(=O)OC(C)(C)C)cc1.COC(C)Oc1ccc(C=CC=Cc2ccc(O)cc2)cc1. The average molecular weight is 531 g/mol. The smallest absolute Gasteiger partial charge is 0.344 e. The fourth-order valence-electron chi connectivity index (χ4n) is 3.03. The largest absolute Gasteiger partial charge is 0.508 e. The Hall–Kier alpha value is -4.29. The van der Waals surface area contributed by atoms with Gasteiger partial charge in [0.25, 0.3) is 0 Å². The summed E-state index contributed by atoms with van der Waals surface area (Å²) in [5.74, 6) is 1.33. The molecule has 0 amide bonds. The summed E-state index contributed by atoms with van der Waals surface area (Å²) in [7, 11) is 1.61. The van der Waals surface area contributed by atoms with E-state index in [9.17, 15) is 9.90 Å². The van der Waals surface area contributed by atoms with Crippen molar-refractivity contribution in [3.63, 3.8) is 0 Å². The van der Waals surface area contributed by atoms with Crippen LogP contribution in [-0.2, 0) is 14.3 Å². The fourth-order valence-corrected chi connectivity index (χ4v) is 3.03. The third-order valence-corrected chi connectivity index (χ3v) is 4.99. The van der Waals surface area contributed by atoms with E-state index in [0.717, 1.165) is 22.4 Å². The summed E-state index contributed by atoms with van der Waals surface area (Å²) in [5.41, 5.74) is 2.66. The zero-order chi connectivity index (χ0) is 28.7. The van der Waals surface area contributed by atoms with Gasteiger partial charge in [-0.15, -0.1) is 0 Å². The van der Waals surface area contributed by atoms with Crippen LogP contribution in [0.25, 0.3) is 18.2 Å². The number of hydrogen-bond acceptors (Lipinski definition) is 6. The Kier molecular flexibility index (Phi) is 12.6. The molecule has 0 saturated carbocycles. The molecule has 0 saturated heterocycles. The summed E-state index contributed by atoms with van der Waals surface area (Å²) in [6.07, 6.45) is 9.42. The monoisotopic (exact) mass is 530 g/mol. The number of ether oxygens (including phenoxy) is 4. The lowest BCUT2D eigenvalue weighted by molar-refractivity contribution is -0.157. The Morgan fingerprint density at radius 1 is 0.846 bits per heavy atom. The van der Waals surface area contributed by atoms with E-state index in [4.69, 9.17) is 18.9 Å². The first-order valence-electron chi connectivity index (χ1n) is 12.6. The predicted octanol–water partition coefficient (Wildman–Crippen LogP) is 7.54. The molecule has 0 aromatic heterocycles. The number of carbonyl (C=O) groups excluding carboxylic acids is 1. The quantitative estimate of drug-likeness (QED) is 0.166. The van der Waals surface area contributed by atoms with Crippen molar-refractivity contribution in [3.8, 4) is 17.2 Å². The Morgan fingerprint density at radius 3 is 1.82 bits per heavy atom. The van der Waals surface area contributed by atoms with Gasteiger partial charge < -0.3 is 24.1 Å². The predicted molar refractivity (Wildman–Crippen MR) is 158 cm³/mol. The van der Waals surface area contributed by atoms with Crippen LogP contribution in [0.2, 0.25) is 0 Å². The molecule has 3 aromatic carbocycles. The van der Waals surface area contributed by atoms with Gasteiger partial charge in [-0.1, -0.05) is 73.4 Å². The number of phenols is 1. The number of hydrogen-bond donors (Lipinski definition) is 1. The van der Waals surface area contributed by atoms with E-state index in [1.807, 2.05) is 101 Å². The molecule has 1 unspecified atom stereocenters. The summed E-state index contributed by atoms with van der Waals surface area (Å²) in [6, 6.07) is 22.2. The van der Waals surface area contributed by atoms with E-state index < -0.39 is 5.60 Å². The number of methoxy groups -OCH3 is 1. The fraction of sp³-hybridized carbons (Fsp3) is 0.242. The number of benzene rings is 3. The Labute approximate surface area is 231 Å². The van der Waals surface area contributed by atoms with Crippen molar-refractivity contribution in [2.24, 2.45) is 0 Å². The van der Waals surface area contributed by atoms with Gasteiger partial charge >= 0.3 is 5.97 Å². The molecule has 1 atom stereocenters. The molecule has 0 aliphatic carbocycles. The van der Waals surface area contributed by atoms with E-state index in [-0.39, 0.29) is 24.6 Å². The van der Waals surface area contributed by atoms with Crippen molar-refractivity contribution in [2.45, 2.75) is 39.6 Å². The molecule has 0 fully saturated rings. The second kappa shape index (κ2) is 15.8. The molecule has 3 aromatic rings. The van der Waals surface area contributed by atoms with Crippen molar-refractivity contribution in [3.05, 3.63) is 108 Å². The number of carbonyl (C=O) groups is 1. The highest BCUT2D eigenvalue weighted by Gasteiger charge is 2.16. The number of rotatable bonds is 10. The van der Waals surface area contributed by atoms with Gasteiger partial charge in [-0.2, -0.15) is 0 Å². The van der Waals surface area contributed by atoms with Gasteiger partial charge in [0.15, 0.2) is 12.9 Å². The molecule has 0 aliphatic rings. The molecule has 1 N–H and O–H groups in total. The highest BCUT2D eigenvalue weighted by Crippen LogP contribution is 2.16. The van der Waals surface area contributed by atoms with E-state index in [0.29, 0.717) is 5.75 Å². The third-order valence-electron chi connectivity index (χ3n) is 4.99. The van der Waals surface area contributed by atoms with Crippen LogP contribution < -0.4 is 9.47 Å². The lowest BCUT2D eigenvalue weighted by atomic mass is 10.2. The van der Waals surface area contributed by atoms with Crippen LogP contribution in [-0.4, -0.2) is 36.7 Å². The van der Waals surface area contributed by atoms with E-state index in [2.05, 4.69) is 6.58 Å². The van der Waals surface area contributed by atoms with Crippen molar-refractivity contribution >= 4 is 24.2 Å². The third kappa shape index (κ3) is 13.2. The van der Waals surface area contributed by atoms with E-state index in [1.54, 1.807) is 37.5 Å². The lowest BCUT2D eigenvalue weighted by Crippen LogP contribution is -2.27. The Bertz CT molecular complexity index is 1200. The molecular formula is C33H38O6. The van der Waals surface area contributed by atoms with Gasteiger partial charge in [0.05, 0.1) is 0 Å². The maximum Gasteiger partial charge on any atom is 0.344 e. The second-order valence-corrected chi connectivity index (χ2v) is 9.45. The summed E-state index contributed by atoms with van der Waals surface area (Å²) >= 11 is 0. The molecule has 3 rings (SSSR count). The molecule has 0 heterocycles. The van der Waals surface area contributed by atoms with Gasteiger partial charge in [-0.05, 0) is 80.8 Å². The standard InChI is InChI=1S/C19H20O3.C14H18O3/c1-15(21-2)22-19-13-9-17(10-14-19)6-4-3-5-16-7-11-18(20)12-8-16;1-5-11-6-8-12(9-7-11)16-10-13(15)17-14(2,3)4/h3-15,20H,1-2H3;5-9H,1,10H2,2-4H3. The first-order valence-corrected chi connectivity index (χ1v) is 12.6. The van der Waals surface area contributed by atoms with Gasteiger partial charge in [0.1, 0.15) is 22.8 Å². The molecule has 0 radical (unpaired) electrons. The van der Waals surface area contributed by atoms with Gasteiger partial charge in [0.2, 0.25) is 0 Å². The highest BCUT2D eigenvalue weighted by molar-refractivity contribution is 5.71. The normalized spacial score (nSPS) is 11.9. The van der Waals surface area contributed by atoms with Crippen molar-refractivity contribution in [2.75, 3.05) is 13.7 Å². The zero-order valence-corrected chi connectivity index (χ0v) is 23.3. The molecular weight excluding hydrogens is 492 g/mol. The van der Waals surface area contributed by atoms with E-state index in [1.165, 1.54) is 0 Å². The molecule has 0 bridgehead atoms. The van der Waals surface area contributed by atoms with Crippen LogP contribution >= 0.6 is 0 Å². The first kappa shape index (κ1) is 30.9. The van der Waals surface area contributed by atoms with Crippen LogP contribution in [0.5, 0.6) is 17.2 Å². The number of phenolic OH excluding ortho intramolecular Hbond substituents is 1. The van der Waals surface area contributed by atoms with Gasteiger partial charge in [-0.3, -0.25) is 0 Å². The Morgan fingerprint density at radius 2 is 1.33 bits per heavy atom. The minimum absolute atomic E-state index is 0.0787. The van der Waals surface area contributed by atoms with Crippen molar-refractivity contribution in [1.29, 1.82) is 0 Å². The van der Waals surface area contributed by atoms with E-state index >= 15 is 0 Å². The van der Waals surface area contributed by atoms with Crippen LogP contribution in [0.4, 0.5) is 0 Å². The topological polar surface area (TPSA) is 74.2 Å².